The summed E-state index contributed by atoms with van der Waals surface area (Å²) in [5.41, 5.74) is 0.392. The Morgan fingerprint density at radius 2 is 2.08 bits per heavy atom. The molecule has 3 aliphatic rings. The number of rotatable bonds is 2. The molecule has 1 aliphatic carbocycles. The van der Waals surface area contributed by atoms with Crippen LogP contribution in [0.1, 0.15) is 32.3 Å². The molecular weight excluding hydrogens is 597 g/mol. The number of nitrogens with one attached hydrogen (secondary N) is 1. The van der Waals surface area contributed by atoms with Crippen molar-refractivity contribution in [2.24, 2.45) is 0 Å². The highest BCUT2D eigenvalue weighted by atomic mass is 127. The number of halogens is 2. The van der Waals surface area contributed by atoms with Crippen molar-refractivity contribution in [2.45, 2.75) is 56.7 Å². The van der Waals surface area contributed by atoms with E-state index in [0.29, 0.717) is 41.2 Å². The van der Waals surface area contributed by atoms with Crippen molar-refractivity contribution in [2.75, 3.05) is 13.7 Å². The summed E-state index contributed by atoms with van der Waals surface area (Å²) in [5.74, 6) is 8.72. The van der Waals surface area contributed by atoms with Gasteiger partial charge in [0.15, 0.2) is 35.3 Å². The second kappa shape index (κ2) is 10.9. The second-order valence-electron chi connectivity index (χ2n) is 8.89. The minimum absolute atomic E-state index is 0.175. The van der Waals surface area contributed by atoms with Gasteiger partial charge in [0.2, 0.25) is 5.91 Å². The molecule has 0 aromatic heterocycles. The zero-order valence-corrected chi connectivity index (χ0v) is 23.0. The van der Waals surface area contributed by atoms with E-state index in [9.17, 15) is 9.59 Å². The Balaban J connectivity index is 1.91. The highest BCUT2D eigenvalue weighted by Gasteiger charge is 2.63. The molecule has 1 spiro atoms. The molecule has 2 aliphatic heterocycles. The summed E-state index contributed by atoms with van der Waals surface area (Å²) in [6.07, 6.45) is 3.96. The van der Waals surface area contributed by atoms with E-state index in [2.05, 4.69) is 27.0 Å². The van der Waals surface area contributed by atoms with Gasteiger partial charge < -0.3 is 24.3 Å². The van der Waals surface area contributed by atoms with Crippen molar-refractivity contribution in [3.63, 3.8) is 0 Å². The third-order valence-electron chi connectivity index (χ3n) is 6.16. The summed E-state index contributed by atoms with van der Waals surface area (Å²) in [6, 6.07) is 3.56. The Morgan fingerprint density at radius 1 is 1.28 bits per heavy atom. The molecule has 9 heteroatoms. The normalized spacial score (nSPS) is 28.3. The number of hydrogen-bond acceptors (Lipinski definition) is 6. The van der Waals surface area contributed by atoms with Crippen molar-refractivity contribution < 1.29 is 28.5 Å². The third-order valence-corrected chi connectivity index (χ3v) is 6.88. The summed E-state index contributed by atoms with van der Waals surface area (Å²) < 4.78 is 27.7. The van der Waals surface area contributed by atoms with Gasteiger partial charge in [0.1, 0.15) is 6.10 Å². The lowest BCUT2D eigenvalue weighted by Crippen LogP contribution is -2.52. The number of aryl methyl sites for hydroxylation is 1. The van der Waals surface area contributed by atoms with E-state index in [-0.39, 0.29) is 24.4 Å². The zero-order valence-electron chi connectivity index (χ0n) is 20.1. The first kappa shape index (κ1) is 26.6. The average molecular weight is 622 g/mol. The van der Waals surface area contributed by atoms with Gasteiger partial charge in [-0.05, 0) is 54.2 Å². The summed E-state index contributed by atoms with van der Waals surface area (Å²) >= 11 is 8.74. The largest absolute Gasteiger partial charge is 0.493 e. The zero-order chi connectivity index (χ0) is 25.9. The van der Waals surface area contributed by atoms with Gasteiger partial charge in [0.05, 0.1) is 17.7 Å². The molecule has 1 saturated heterocycles. The van der Waals surface area contributed by atoms with E-state index in [1.165, 1.54) is 7.11 Å². The van der Waals surface area contributed by atoms with Crippen LogP contribution in [0.15, 0.2) is 35.4 Å². The summed E-state index contributed by atoms with van der Waals surface area (Å²) in [6.45, 7) is 3.83. The standard InChI is InChI=1S/C27H25ClINO6/c1-26(2)35-22-10-8-19-7-4-17(16-31)13-15-30-23(32)11-6-18-5-9-20(33-3)25(24(18)28)34-21(12-14-29)27(19,22)36-26/h5,8-9,13,16,21-22H,6,10-11,15H2,1-3H3,(H,30,32)/b17-13+/t21-,22-,27-/m1/s1. The number of benzene rings is 1. The van der Waals surface area contributed by atoms with E-state index in [1.54, 1.807) is 18.2 Å². The number of aldehydes is 1. The SMILES string of the molecule is COc1ccc2c(Cl)c1O[C@H](C#CI)[C@@]13OC(C)(C)O[C@@H]1CC=C3C#C/C(C=O)=C\CNC(=O)CC2. The van der Waals surface area contributed by atoms with Gasteiger partial charge in [-0.3, -0.25) is 9.59 Å². The number of hydrogen-bond donors (Lipinski definition) is 1. The maximum absolute atomic E-state index is 12.3. The Labute approximate surface area is 229 Å². The molecule has 4 rings (SSSR count). The number of ether oxygens (including phenoxy) is 4. The van der Waals surface area contributed by atoms with Crippen molar-refractivity contribution in [3.8, 4) is 33.2 Å². The molecule has 1 aromatic carbocycles. The van der Waals surface area contributed by atoms with Crippen LogP contribution in [-0.4, -0.2) is 49.4 Å². The molecule has 2 heterocycles. The summed E-state index contributed by atoms with van der Waals surface area (Å²) in [4.78, 5) is 24.0. The minimum atomic E-state index is -1.17. The van der Waals surface area contributed by atoms with E-state index in [0.717, 1.165) is 5.56 Å². The minimum Gasteiger partial charge on any atom is -0.493 e. The molecule has 0 unspecified atom stereocenters. The monoisotopic (exact) mass is 621 g/mol. The summed E-state index contributed by atoms with van der Waals surface area (Å²) in [7, 11) is 1.52. The molecule has 1 fully saturated rings. The van der Waals surface area contributed by atoms with Crippen LogP contribution < -0.4 is 14.8 Å². The maximum Gasteiger partial charge on any atom is 0.220 e. The topological polar surface area (TPSA) is 83.1 Å². The number of carbonyl (C=O) groups is 2. The van der Waals surface area contributed by atoms with Crippen LogP contribution in [0.3, 0.4) is 0 Å². The van der Waals surface area contributed by atoms with Gasteiger partial charge in [-0.2, -0.15) is 0 Å². The molecule has 1 amide bonds. The first-order valence-electron chi connectivity index (χ1n) is 11.4. The molecule has 7 nitrogen and oxygen atoms in total. The Kier molecular flexibility index (Phi) is 8.01. The number of carbonyl (C=O) groups excluding carboxylic acids is 2. The molecule has 0 saturated carbocycles. The van der Waals surface area contributed by atoms with Crippen LogP contribution >= 0.6 is 34.2 Å². The van der Waals surface area contributed by atoms with E-state index in [4.69, 9.17) is 30.5 Å². The molecule has 2 bridgehead atoms. The Hall–Kier alpha value is -2.50. The van der Waals surface area contributed by atoms with Crippen LogP contribution in [0.2, 0.25) is 5.02 Å². The first-order valence-corrected chi connectivity index (χ1v) is 12.9. The third kappa shape index (κ3) is 5.14. The van der Waals surface area contributed by atoms with Crippen LogP contribution in [0.25, 0.3) is 0 Å². The van der Waals surface area contributed by atoms with Gasteiger partial charge in [-0.1, -0.05) is 35.6 Å². The van der Waals surface area contributed by atoms with Gasteiger partial charge in [0.25, 0.3) is 0 Å². The van der Waals surface area contributed by atoms with Gasteiger partial charge in [-0.15, -0.1) is 0 Å². The predicted molar refractivity (Wildman–Crippen MR) is 143 cm³/mol. The summed E-state index contributed by atoms with van der Waals surface area (Å²) in [5, 5.41) is 3.11. The highest BCUT2D eigenvalue weighted by molar-refractivity contribution is 14.1. The Morgan fingerprint density at radius 3 is 2.81 bits per heavy atom. The average Bonchev–Trinajstić information content (AvgIpc) is 3.31. The first-order chi connectivity index (χ1) is 17.2. The van der Waals surface area contributed by atoms with Crippen molar-refractivity contribution in [1.82, 2.24) is 5.32 Å². The lowest BCUT2D eigenvalue weighted by molar-refractivity contribution is -0.166. The molecule has 0 radical (unpaired) electrons. The smallest absolute Gasteiger partial charge is 0.220 e. The van der Waals surface area contributed by atoms with Gasteiger partial charge in [-0.25, -0.2) is 0 Å². The van der Waals surface area contributed by atoms with E-state index < -0.39 is 23.6 Å². The lowest BCUT2D eigenvalue weighted by atomic mass is 9.87. The number of methoxy groups -OCH3 is 1. The van der Waals surface area contributed by atoms with Crippen molar-refractivity contribution in [3.05, 3.63) is 46.0 Å². The molecular formula is C27H25ClINO6. The van der Waals surface area contributed by atoms with Crippen LogP contribution in [0.4, 0.5) is 0 Å². The fourth-order valence-corrected chi connectivity index (χ4v) is 5.17. The fourth-order valence-electron chi connectivity index (χ4n) is 4.59. The van der Waals surface area contributed by atoms with Crippen molar-refractivity contribution in [1.29, 1.82) is 0 Å². The van der Waals surface area contributed by atoms with Crippen LogP contribution in [0, 0.1) is 21.7 Å². The number of amides is 1. The number of fused-ring (bicyclic) bond motifs is 2. The highest BCUT2D eigenvalue weighted by Crippen LogP contribution is 2.51. The lowest BCUT2D eigenvalue weighted by Gasteiger charge is -2.35. The van der Waals surface area contributed by atoms with E-state index >= 15 is 0 Å². The second-order valence-corrected chi connectivity index (χ2v) is 9.81. The van der Waals surface area contributed by atoms with Gasteiger partial charge in [0, 0.05) is 41.1 Å². The Bertz CT molecular complexity index is 1260. The molecule has 3 atom stereocenters. The fraction of sp³-hybridized carbons (Fsp3) is 0.407. The quantitative estimate of drug-likeness (QED) is 0.307. The van der Waals surface area contributed by atoms with Crippen LogP contribution in [0.5, 0.6) is 11.5 Å². The molecule has 188 valence electrons. The van der Waals surface area contributed by atoms with Gasteiger partial charge >= 0.3 is 0 Å². The molecule has 1 aromatic rings. The predicted octanol–water partition coefficient (Wildman–Crippen LogP) is 3.90. The molecule has 1 N–H and O–H groups in total. The molecule has 36 heavy (non-hydrogen) atoms. The van der Waals surface area contributed by atoms with Crippen LogP contribution in [-0.2, 0) is 25.5 Å². The number of allylic oxidation sites excluding steroid dienone is 1. The van der Waals surface area contributed by atoms with E-state index in [1.807, 2.05) is 42.5 Å². The maximum atomic E-state index is 12.3. The van der Waals surface area contributed by atoms with Crippen molar-refractivity contribution >= 4 is 46.4 Å².